The van der Waals surface area contributed by atoms with Crippen molar-refractivity contribution in [2.75, 3.05) is 0 Å². The summed E-state index contributed by atoms with van der Waals surface area (Å²) in [6.07, 6.45) is 19.2. The third-order valence-corrected chi connectivity index (χ3v) is 11.4. The molecular formula is C34H48ClN3O. The molecule has 2 atom stereocenters. The van der Waals surface area contributed by atoms with E-state index in [1.54, 1.807) is 0 Å². The lowest BCUT2D eigenvalue weighted by Gasteiger charge is -2.59. The first-order chi connectivity index (χ1) is 18.9. The average molecular weight is 550 g/mol. The lowest BCUT2D eigenvalue weighted by atomic mass is 9.48. The third-order valence-electron chi connectivity index (χ3n) is 11.2. The van der Waals surface area contributed by atoms with E-state index < -0.39 is 0 Å². The van der Waals surface area contributed by atoms with Crippen molar-refractivity contribution in [2.24, 2.45) is 29.1 Å². The summed E-state index contributed by atoms with van der Waals surface area (Å²) in [4.78, 5) is 13.8. The van der Waals surface area contributed by atoms with E-state index in [2.05, 4.69) is 29.7 Å². The van der Waals surface area contributed by atoms with E-state index in [0.717, 1.165) is 60.5 Å². The summed E-state index contributed by atoms with van der Waals surface area (Å²) >= 11 is 6.35. The van der Waals surface area contributed by atoms with E-state index in [1.165, 1.54) is 81.9 Å². The van der Waals surface area contributed by atoms with E-state index in [0.29, 0.717) is 6.04 Å². The van der Waals surface area contributed by atoms with Gasteiger partial charge in [-0.25, -0.2) is 0 Å². The molecule has 0 heterocycles. The molecule has 1 aromatic carbocycles. The lowest BCUT2D eigenvalue weighted by Crippen LogP contribution is -2.56. The highest BCUT2D eigenvalue weighted by Crippen LogP contribution is 2.61. The third kappa shape index (κ3) is 5.97. The van der Waals surface area contributed by atoms with Gasteiger partial charge >= 0.3 is 0 Å². The average Bonchev–Trinajstić information content (AvgIpc) is 3.10. The van der Waals surface area contributed by atoms with Crippen molar-refractivity contribution in [3.8, 4) is 0 Å². The molecular weight excluding hydrogens is 502 g/mol. The Morgan fingerprint density at radius 3 is 2.33 bits per heavy atom. The molecule has 5 heteroatoms. The summed E-state index contributed by atoms with van der Waals surface area (Å²) in [5, 5.41) is 17.4. The smallest absolute Gasteiger partial charge is 0.269 e. The Morgan fingerprint density at radius 1 is 1.00 bits per heavy atom. The fraction of sp³-hybridized carbons (Fsp3) is 0.706. The minimum atomic E-state index is -0.153. The van der Waals surface area contributed by atoms with Gasteiger partial charge in [-0.15, -0.1) is 0 Å². The number of amides is 1. The maximum Gasteiger partial charge on any atom is 0.269 e. The van der Waals surface area contributed by atoms with Gasteiger partial charge in [0.1, 0.15) is 5.71 Å². The Balaban J connectivity index is 1.24. The number of hydrogen-bond donors (Lipinski definition) is 3. The Morgan fingerprint density at radius 2 is 1.67 bits per heavy atom. The number of benzene rings is 1. The van der Waals surface area contributed by atoms with Crippen molar-refractivity contribution >= 4 is 23.2 Å². The molecule has 6 aliphatic rings. The van der Waals surface area contributed by atoms with Crippen LogP contribution in [0, 0.1) is 34.5 Å². The largest absolute Gasteiger partial charge is 0.385 e. The van der Waals surface area contributed by atoms with Gasteiger partial charge < -0.3 is 10.6 Å². The van der Waals surface area contributed by atoms with Gasteiger partial charge in [-0.1, -0.05) is 49.4 Å². The van der Waals surface area contributed by atoms with Gasteiger partial charge in [0.2, 0.25) is 0 Å². The Labute approximate surface area is 240 Å². The Bertz CT molecular complexity index is 1070. The summed E-state index contributed by atoms with van der Waals surface area (Å²) in [6.45, 7) is 2.24. The van der Waals surface area contributed by atoms with E-state index in [-0.39, 0.29) is 29.0 Å². The molecule has 4 bridgehead atoms. The highest BCUT2D eigenvalue weighted by Gasteiger charge is 2.53. The number of allylic oxidation sites excluding steroid dienone is 1. The highest BCUT2D eigenvalue weighted by atomic mass is 35.5. The van der Waals surface area contributed by atoms with E-state index in [1.807, 2.05) is 12.1 Å². The van der Waals surface area contributed by atoms with Crippen LogP contribution in [0.15, 0.2) is 35.5 Å². The summed E-state index contributed by atoms with van der Waals surface area (Å²) in [6, 6.07) is 8.81. The van der Waals surface area contributed by atoms with Crippen LogP contribution in [0.4, 0.5) is 0 Å². The van der Waals surface area contributed by atoms with Crippen molar-refractivity contribution < 1.29 is 4.79 Å². The van der Waals surface area contributed by atoms with E-state index in [4.69, 9.17) is 11.6 Å². The molecule has 3 N–H and O–H groups in total. The SMILES string of the molecule is CC(NC(=O)C(=N)C1=C(NC2CCCCC2)C(Cc2cccc(Cl)c2)CCCC1)C12CC3CC(CC(C3)C1)C2. The molecule has 5 fully saturated rings. The zero-order chi connectivity index (χ0) is 27.0. The van der Waals surface area contributed by atoms with Crippen molar-refractivity contribution in [1.82, 2.24) is 10.6 Å². The van der Waals surface area contributed by atoms with Crippen molar-refractivity contribution in [2.45, 2.75) is 122 Å². The second-order valence-electron chi connectivity index (χ2n) is 14.0. The predicted molar refractivity (Wildman–Crippen MR) is 160 cm³/mol. The standard InChI is InChI=1S/C34H48ClN3O/c1-22(34-19-24-14-25(20-34)16-26(15-24)21-34)37-33(39)31(36)30-13-6-5-9-27(17-23-8-7-10-28(35)18-23)32(30)38-29-11-3-2-4-12-29/h7-8,10,18,22,24-27,29,36,38H,2-6,9,11-17,19-21H2,1H3,(H,37,39). The minimum absolute atomic E-state index is 0.141. The van der Waals surface area contributed by atoms with Crippen LogP contribution in [0.1, 0.15) is 109 Å². The summed E-state index contributed by atoms with van der Waals surface area (Å²) in [7, 11) is 0. The van der Waals surface area contributed by atoms with Crippen LogP contribution in [0.2, 0.25) is 5.02 Å². The number of halogens is 1. The minimum Gasteiger partial charge on any atom is -0.385 e. The molecule has 0 radical (unpaired) electrons. The molecule has 212 valence electrons. The zero-order valence-corrected chi connectivity index (χ0v) is 24.6. The van der Waals surface area contributed by atoms with Crippen LogP contribution in [-0.2, 0) is 11.2 Å². The van der Waals surface area contributed by atoms with Crippen molar-refractivity contribution in [1.29, 1.82) is 5.41 Å². The molecule has 1 aromatic rings. The van der Waals surface area contributed by atoms with Crippen LogP contribution in [0.25, 0.3) is 0 Å². The second-order valence-corrected chi connectivity index (χ2v) is 14.4. The number of rotatable bonds is 8. The van der Waals surface area contributed by atoms with Gasteiger partial charge in [-0.05, 0) is 125 Å². The summed E-state index contributed by atoms with van der Waals surface area (Å²) in [5.41, 5.74) is 3.86. The van der Waals surface area contributed by atoms with Gasteiger partial charge in [0.05, 0.1) is 0 Å². The Kier molecular flexibility index (Phi) is 8.13. The fourth-order valence-corrected chi connectivity index (χ4v) is 9.78. The molecule has 5 saturated carbocycles. The van der Waals surface area contributed by atoms with Crippen molar-refractivity contribution in [3.05, 3.63) is 46.1 Å². The molecule has 0 saturated heterocycles. The Hall–Kier alpha value is -1.81. The molecule has 2 unspecified atom stereocenters. The van der Waals surface area contributed by atoms with Crippen LogP contribution >= 0.6 is 11.6 Å². The number of hydrogen-bond acceptors (Lipinski definition) is 3. The first-order valence-electron chi connectivity index (χ1n) is 16.0. The predicted octanol–water partition coefficient (Wildman–Crippen LogP) is 7.99. The molecule has 0 aliphatic heterocycles. The molecule has 4 nitrogen and oxygen atoms in total. The van der Waals surface area contributed by atoms with Gasteiger partial charge in [-0.3, -0.25) is 10.2 Å². The molecule has 0 spiro atoms. The molecule has 1 amide bonds. The molecule has 6 aliphatic carbocycles. The maximum atomic E-state index is 13.8. The zero-order valence-electron chi connectivity index (χ0n) is 23.9. The lowest BCUT2D eigenvalue weighted by molar-refractivity contribution is -0.119. The van der Waals surface area contributed by atoms with Crippen LogP contribution < -0.4 is 10.6 Å². The van der Waals surface area contributed by atoms with Gasteiger partial charge in [0.25, 0.3) is 5.91 Å². The first-order valence-corrected chi connectivity index (χ1v) is 16.4. The van der Waals surface area contributed by atoms with Crippen LogP contribution in [0.5, 0.6) is 0 Å². The van der Waals surface area contributed by atoms with Gasteiger partial charge in [-0.2, -0.15) is 0 Å². The number of nitrogens with one attached hydrogen (secondary N) is 3. The van der Waals surface area contributed by atoms with Gasteiger partial charge in [0, 0.05) is 34.3 Å². The fourth-order valence-electron chi connectivity index (χ4n) is 9.57. The number of carbonyl (C=O) groups is 1. The van der Waals surface area contributed by atoms with E-state index >= 15 is 0 Å². The quantitative estimate of drug-likeness (QED) is 0.288. The summed E-state index contributed by atoms with van der Waals surface area (Å²) in [5.74, 6) is 2.71. The highest BCUT2D eigenvalue weighted by molar-refractivity contribution is 6.44. The molecule has 0 aromatic heterocycles. The van der Waals surface area contributed by atoms with Crippen LogP contribution in [-0.4, -0.2) is 23.7 Å². The van der Waals surface area contributed by atoms with Crippen molar-refractivity contribution in [3.63, 3.8) is 0 Å². The second kappa shape index (κ2) is 11.6. The molecule has 39 heavy (non-hydrogen) atoms. The topological polar surface area (TPSA) is 65.0 Å². The number of carbonyl (C=O) groups excluding carboxylic acids is 1. The van der Waals surface area contributed by atoms with Gasteiger partial charge in [0.15, 0.2) is 0 Å². The van der Waals surface area contributed by atoms with Crippen LogP contribution in [0.3, 0.4) is 0 Å². The monoisotopic (exact) mass is 549 g/mol. The summed E-state index contributed by atoms with van der Waals surface area (Å²) < 4.78 is 0. The van der Waals surface area contributed by atoms with E-state index in [9.17, 15) is 10.2 Å². The normalized spacial score (nSPS) is 33.5. The molecule has 7 rings (SSSR count). The first kappa shape index (κ1) is 27.4. The maximum absolute atomic E-state index is 13.8.